The number of para-hydroxylation sites is 2. The summed E-state index contributed by atoms with van der Waals surface area (Å²) in [4.78, 5) is 0. The molecule has 0 aliphatic carbocycles. The van der Waals surface area contributed by atoms with Gasteiger partial charge in [0.05, 0.1) is 16.7 Å². The molecule has 182 valence electrons. The van der Waals surface area contributed by atoms with Gasteiger partial charge in [-0.1, -0.05) is 82.0 Å². The average Bonchev–Trinajstić information content (AvgIpc) is 3.42. The van der Waals surface area contributed by atoms with Crippen molar-refractivity contribution in [2.24, 2.45) is 0 Å². The lowest BCUT2D eigenvalue weighted by molar-refractivity contribution is 1.02. The van der Waals surface area contributed by atoms with Gasteiger partial charge in [-0.3, -0.25) is 0 Å². The van der Waals surface area contributed by atoms with Gasteiger partial charge in [0.25, 0.3) is 0 Å². The van der Waals surface area contributed by atoms with Gasteiger partial charge in [-0.05, 0) is 74.4 Å². The average molecular weight is 473 g/mol. The summed E-state index contributed by atoms with van der Waals surface area (Å²) in [7, 11) is 0. The highest BCUT2D eigenvalue weighted by atomic mass is 15.0. The summed E-state index contributed by atoms with van der Waals surface area (Å²) in [6.45, 7) is 14.5. The molecule has 0 spiro atoms. The Morgan fingerprint density at radius 2 is 1.33 bits per heavy atom. The van der Waals surface area contributed by atoms with E-state index in [2.05, 4.69) is 134 Å². The molecule has 0 N–H and O–H groups in total. The van der Waals surface area contributed by atoms with E-state index in [1.165, 1.54) is 50.0 Å². The number of hydrogen-bond acceptors (Lipinski definition) is 0. The highest BCUT2D eigenvalue weighted by molar-refractivity contribution is 6.10. The van der Waals surface area contributed by atoms with E-state index in [9.17, 15) is 0 Å². The summed E-state index contributed by atoms with van der Waals surface area (Å²) in [6, 6.07) is 26.1. The van der Waals surface area contributed by atoms with Gasteiger partial charge < -0.3 is 9.13 Å². The number of benzene rings is 3. The second-order valence-electron chi connectivity index (χ2n) is 8.45. The van der Waals surface area contributed by atoms with Crippen molar-refractivity contribution < 1.29 is 0 Å². The monoisotopic (exact) mass is 472 g/mol. The van der Waals surface area contributed by atoms with Gasteiger partial charge in [0.1, 0.15) is 0 Å². The molecule has 5 rings (SSSR count). The van der Waals surface area contributed by atoms with Crippen LogP contribution in [0.2, 0.25) is 0 Å². The summed E-state index contributed by atoms with van der Waals surface area (Å²) in [5, 5.41) is 2.51. The van der Waals surface area contributed by atoms with E-state index in [0.717, 1.165) is 12.1 Å². The Morgan fingerprint density at radius 3 is 2.00 bits per heavy atom. The molecule has 0 radical (unpaired) electrons. The number of aromatic nitrogens is 2. The Kier molecular flexibility index (Phi) is 7.75. The fourth-order valence-electron chi connectivity index (χ4n) is 5.17. The van der Waals surface area contributed by atoms with Crippen molar-refractivity contribution in [2.75, 3.05) is 0 Å². The maximum Gasteiger partial charge on any atom is 0.0542 e. The molecular weight excluding hydrogens is 436 g/mol. The van der Waals surface area contributed by atoms with Crippen LogP contribution in [-0.4, -0.2) is 9.13 Å². The lowest BCUT2D eigenvalue weighted by Gasteiger charge is -2.12. The topological polar surface area (TPSA) is 9.86 Å². The summed E-state index contributed by atoms with van der Waals surface area (Å²) in [6.07, 6.45) is 11.6. The summed E-state index contributed by atoms with van der Waals surface area (Å²) >= 11 is 0. The molecule has 2 aromatic heterocycles. The highest BCUT2D eigenvalue weighted by Gasteiger charge is 2.19. The normalized spacial score (nSPS) is 11.5. The third-order valence-electron chi connectivity index (χ3n) is 6.53. The smallest absolute Gasteiger partial charge is 0.0542 e. The Labute approximate surface area is 215 Å². The third-order valence-corrected chi connectivity index (χ3v) is 6.53. The lowest BCUT2D eigenvalue weighted by Crippen LogP contribution is -2.00. The fourth-order valence-corrected chi connectivity index (χ4v) is 5.17. The Balaban J connectivity index is 0.00000148. The van der Waals surface area contributed by atoms with Gasteiger partial charge in [-0.2, -0.15) is 0 Å². The fraction of sp³-hybridized carbons (Fsp3) is 0.176. The van der Waals surface area contributed by atoms with Crippen LogP contribution >= 0.6 is 0 Å². The first-order chi connectivity index (χ1) is 17.7. The number of fused-ring (bicyclic) bond motifs is 3. The third kappa shape index (κ3) is 4.13. The molecule has 0 saturated heterocycles. The second kappa shape index (κ2) is 11.1. The quantitative estimate of drug-likeness (QED) is 0.233. The molecule has 0 saturated carbocycles. The molecule has 0 fully saturated rings. The van der Waals surface area contributed by atoms with Crippen LogP contribution in [0.15, 0.2) is 91.5 Å². The molecule has 2 heteroatoms. The minimum atomic E-state index is 0.953. The van der Waals surface area contributed by atoms with Crippen molar-refractivity contribution in [3.05, 3.63) is 114 Å². The van der Waals surface area contributed by atoms with Crippen molar-refractivity contribution in [1.82, 2.24) is 9.13 Å². The SMILES string of the molecule is C=Cc1c(CC)c(/C=C\C)n(-c2ccc3c(c2)c2ccccc2n3-c2ccccc2)c1/C=C\C.CC. The molecule has 36 heavy (non-hydrogen) atoms. The predicted molar refractivity (Wildman–Crippen MR) is 160 cm³/mol. The summed E-state index contributed by atoms with van der Waals surface area (Å²) in [5.41, 5.74) is 9.70. The largest absolute Gasteiger partial charge is 0.310 e. The molecule has 0 bridgehead atoms. The van der Waals surface area contributed by atoms with Crippen LogP contribution in [0.1, 0.15) is 57.1 Å². The zero-order chi connectivity index (χ0) is 25.7. The first kappa shape index (κ1) is 25.1. The van der Waals surface area contributed by atoms with Crippen LogP contribution in [-0.2, 0) is 6.42 Å². The van der Waals surface area contributed by atoms with Crippen molar-refractivity contribution in [3.8, 4) is 11.4 Å². The second-order valence-corrected chi connectivity index (χ2v) is 8.45. The molecule has 0 atom stereocenters. The van der Waals surface area contributed by atoms with E-state index >= 15 is 0 Å². The van der Waals surface area contributed by atoms with E-state index in [4.69, 9.17) is 0 Å². The minimum absolute atomic E-state index is 0.953. The van der Waals surface area contributed by atoms with Crippen molar-refractivity contribution >= 4 is 40.0 Å². The molecule has 0 aliphatic heterocycles. The number of rotatable bonds is 6. The van der Waals surface area contributed by atoms with Gasteiger partial charge in [0.15, 0.2) is 0 Å². The highest BCUT2D eigenvalue weighted by Crippen LogP contribution is 2.36. The van der Waals surface area contributed by atoms with Crippen molar-refractivity contribution in [2.45, 2.75) is 41.0 Å². The van der Waals surface area contributed by atoms with E-state index in [1.807, 2.05) is 19.9 Å². The van der Waals surface area contributed by atoms with E-state index in [1.54, 1.807) is 0 Å². The number of hydrogen-bond donors (Lipinski definition) is 0. The van der Waals surface area contributed by atoms with Crippen LogP contribution in [0.5, 0.6) is 0 Å². The zero-order valence-electron chi connectivity index (χ0n) is 22.1. The lowest BCUT2D eigenvalue weighted by atomic mass is 10.1. The van der Waals surface area contributed by atoms with Crippen molar-refractivity contribution in [3.63, 3.8) is 0 Å². The number of nitrogens with zero attached hydrogens (tertiary/aromatic N) is 2. The Hall–Kier alpha value is -4.04. The molecule has 0 aliphatic rings. The van der Waals surface area contributed by atoms with Gasteiger partial charge in [0.2, 0.25) is 0 Å². The number of allylic oxidation sites excluding steroid dienone is 2. The molecule has 2 nitrogen and oxygen atoms in total. The van der Waals surface area contributed by atoms with Gasteiger partial charge >= 0.3 is 0 Å². The summed E-state index contributed by atoms with van der Waals surface area (Å²) < 4.78 is 4.74. The van der Waals surface area contributed by atoms with E-state index < -0.39 is 0 Å². The van der Waals surface area contributed by atoms with Crippen LogP contribution in [0.3, 0.4) is 0 Å². The molecule has 0 amide bonds. The maximum atomic E-state index is 4.14. The molecule has 0 unspecified atom stereocenters. The van der Waals surface area contributed by atoms with Crippen LogP contribution in [0.25, 0.3) is 51.4 Å². The van der Waals surface area contributed by atoms with Gasteiger partial charge in [-0.25, -0.2) is 0 Å². The minimum Gasteiger partial charge on any atom is -0.310 e. The van der Waals surface area contributed by atoms with Gasteiger partial charge in [0, 0.05) is 33.4 Å². The molecular formula is C34H36N2. The standard InChI is InChI=1S/C32H30N2.C2H6/c1-5-14-29-25(7-3)26(8-4)30(15-6-2)34(29)24-20-21-32-28(22-24)27-18-12-13-19-31(27)33(32)23-16-10-9-11-17-23;1-2/h5-7,9-22H,3,8H2,1-2,4H3;1-2H3/b14-5-,15-6-;. The van der Waals surface area contributed by atoms with E-state index in [0.29, 0.717) is 0 Å². The molecule has 3 aromatic carbocycles. The van der Waals surface area contributed by atoms with Crippen molar-refractivity contribution in [1.29, 1.82) is 0 Å². The van der Waals surface area contributed by atoms with E-state index in [-0.39, 0.29) is 0 Å². The predicted octanol–water partition coefficient (Wildman–Crippen LogP) is 9.87. The Morgan fingerprint density at radius 1 is 0.694 bits per heavy atom. The maximum absolute atomic E-state index is 4.14. The molecule has 2 heterocycles. The first-order valence-electron chi connectivity index (χ1n) is 13.0. The van der Waals surface area contributed by atoms with Gasteiger partial charge in [-0.15, -0.1) is 0 Å². The zero-order valence-corrected chi connectivity index (χ0v) is 22.1. The summed E-state index contributed by atoms with van der Waals surface area (Å²) in [5.74, 6) is 0. The van der Waals surface area contributed by atoms with Crippen LogP contribution < -0.4 is 0 Å². The van der Waals surface area contributed by atoms with Crippen LogP contribution in [0.4, 0.5) is 0 Å². The first-order valence-corrected chi connectivity index (χ1v) is 13.0. The molecule has 5 aromatic rings. The Bertz CT molecular complexity index is 1560. The van der Waals surface area contributed by atoms with Crippen LogP contribution in [0, 0.1) is 0 Å².